The minimum absolute atomic E-state index is 0.0345. The zero-order valence-corrected chi connectivity index (χ0v) is 20.4. The molecule has 7 heteroatoms. The van der Waals surface area contributed by atoms with Gasteiger partial charge in [-0.2, -0.15) is 5.10 Å². The molecule has 7 nitrogen and oxygen atoms in total. The summed E-state index contributed by atoms with van der Waals surface area (Å²) in [6.45, 7) is 2.48. The van der Waals surface area contributed by atoms with Gasteiger partial charge in [-0.15, -0.1) is 0 Å². The van der Waals surface area contributed by atoms with E-state index in [4.69, 9.17) is 14.6 Å². The SMILES string of the molecule is CN(CCNC(=O)CCc1cn(-c2ccccc2)nc1-c1ccc2c(c1)OCO2)Cc1ccccc1. The van der Waals surface area contributed by atoms with Crippen molar-refractivity contribution in [3.63, 3.8) is 0 Å². The van der Waals surface area contributed by atoms with Crippen molar-refractivity contribution in [2.24, 2.45) is 0 Å². The summed E-state index contributed by atoms with van der Waals surface area (Å²) in [5.74, 6) is 1.48. The van der Waals surface area contributed by atoms with E-state index < -0.39 is 0 Å². The van der Waals surface area contributed by atoms with E-state index in [1.165, 1.54) is 5.56 Å². The second kappa shape index (κ2) is 11.1. The fourth-order valence-electron chi connectivity index (χ4n) is 4.29. The molecule has 0 fully saturated rings. The Morgan fingerprint density at radius 3 is 2.56 bits per heavy atom. The average molecular weight is 483 g/mol. The summed E-state index contributed by atoms with van der Waals surface area (Å²) < 4.78 is 12.9. The van der Waals surface area contributed by atoms with Crippen molar-refractivity contribution in [2.75, 3.05) is 26.9 Å². The Morgan fingerprint density at radius 2 is 1.75 bits per heavy atom. The van der Waals surface area contributed by atoms with Crippen LogP contribution in [0.1, 0.15) is 17.5 Å². The van der Waals surface area contributed by atoms with E-state index in [1.807, 2.05) is 77.6 Å². The van der Waals surface area contributed by atoms with Gasteiger partial charge in [0.1, 0.15) is 0 Å². The maximum absolute atomic E-state index is 12.6. The summed E-state index contributed by atoms with van der Waals surface area (Å²) in [5.41, 5.74) is 5.02. The van der Waals surface area contributed by atoms with Crippen molar-refractivity contribution in [3.05, 3.63) is 96.2 Å². The first-order chi connectivity index (χ1) is 17.7. The smallest absolute Gasteiger partial charge is 0.231 e. The van der Waals surface area contributed by atoms with Crippen LogP contribution in [0.15, 0.2) is 85.1 Å². The topological polar surface area (TPSA) is 68.6 Å². The molecule has 0 spiro atoms. The highest BCUT2D eigenvalue weighted by atomic mass is 16.7. The van der Waals surface area contributed by atoms with Gasteiger partial charge in [-0.3, -0.25) is 4.79 Å². The number of para-hydroxylation sites is 1. The number of carbonyl (C=O) groups is 1. The number of ether oxygens (including phenoxy) is 2. The van der Waals surface area contributed by atoms with Crippen molar-refractivity contribution in [1.82, 2.24) is 20.0 Å². The van der Waals surface area contributed by atoms with Gasteiger partial charge in [-0.05, 0) is 54.9 Å². The predicted octanol–water partition coefficient (Wildman–Crippen LogP) is 4.45. The van der Waals surface area contributed by atoms with Gasteiger partial charge in [0.15, 0.2) is 11.5 Å². The average Bonchev–Trinajstić information content (AvgIpc) is 3.55. The first-order valence-corrected chi connectivity index (χ1v) is 12.2. The quantitative estimate of drug-likeness (QED) is 0.362. The van der Waals surface area contributed by atoms with Crippen molar-refractivity contribution < 1.29 is 14.3 Å². The number of benzene rings is 3. The Bertz CT molecular complexity index is 1300. The second-order valence-corrected chi connectivity index (χ2v) is 8.92. The highest BCUT2D eigenvalue weighted by Crippen LogP contribution is 2.36. The lowest BCUT2D eigenvalue weighted by atomic mass is 10.0. The summed E-state index contributed by atoms with van der Waals surface area (Å²) in [7, 11) is 2.06. The van der Waals surface area contributed by atoms with E-state index in [1.54, 1.807) is 0 Å². The minimum Gasteiger partial charge on any atom is -0.454 e. The summed E-state index contributed by atoms with van der Waals surface area (Å²) in [6.07, 6.45) is 2.99. The number of nitrogens with one attached hydrogen (secondary N) is 1. The Labute approximate surface area is 211 Å². The standard InChI is InChI=1S/C29H30N4O3/c1-32(19-22-8-4-2-5-9-22)17-16-30-28(34)15-13-24-20-33(25-10-6-3-7-11-25)31-29(24)23-12-14-26-27(18-23)36-21-35-26/h2-12,14,18,20H,13,15-17,19,21H2,1H3,(H,30,34). The molecule has 0 atom stereocenters. The predicted molar refractivity (Wildman–Crippen MR) is 139 cm³/mol. The van der Waals surface area contributed by atoms with Crippen LogP contribution < -0.4 is 14.8 Å². The van der Waals surface area contributed by atoms with Gasteiger partial charge in [0.25, 0.3) is 0 Å². The highest BCUT2D eigenvalue weighted by molar-refractivity contribution is 5.77. The monoisotopic (exact) mass is 482 g/mol. The number of hydrogen-bond donors (Lipinski definition) is 1. The van der Waals surface area contributed by atoms with Crippen molar-refractivity contribution >= 4 is 5.91 Å². The molecule has 4 aromatic rings. The Balaban J connectivity index is 1.23. The van der Waals surface area contributed by atoms with Gasteiger partial charge < -0.3 is 19.7 Å². The summed E-state index contributed by atoms with van der Waals surface area (Å²) in [4.78, 5) is 14.8. The second-order valence-electron chi connectivity index (χ2n) is 8.92. The molecule has 1 aliphatic rings. The summed E-state index contributed by atoms with van der Waals surface area (Å²) >= 11 is 0. The van der Waals surface area contributed by atoms with E-state index in [0.29, 0.717) is 25.1 Å². The molecule has 2 heterocycles. The van der Waals surface area contributed by atoms with Gasteiger partial charge in [0, 0.05) is 37.8 Å². The van der Waals surface area contributed by atoms with Crippen LogP contribution in [0.4, 0.5) is 0 Å². The zero-order valence-electron chi connectivity index (χ0n) is 20.4. The first kappa shape index (κ1) is 23.6. The van der Waals surface area contributed by atoms with E-state index in [-0.39, 0.29) is 12.7 Å². The van der Waals surface area contributed by atoms with Gasteiger partial charge in [0.2, 0.25) is 12.7 Å². The molecule has 3 aromatic carbocycles. The van der Waals surface area contributed by atoms with E-state index in [2.05, 4.69) is 29.4 Å². The molecule has 0 aliphatic carbocycles. The Morgan fingerprint density at radius 1 is 1.00 bits per heavy atom. The molecule has 0 bridgehead atoms. The third kappa shape index (κ3) is 5.75. The number of hydrogen-bond acceptors (Lipinski definition) is 5. The van der Waals surface area contributed by atoms with Crippen LogP contribution in [0.5, 0.6) is 11.5 Å². The first-order valence-electron chi connectivity index (χ1n) is 12.2. The Hall–Kier alpha value is -4.10. The number of aryl methyl sites for hydroxylation is 1. The molecular weight excluding hydrogens is 452 g/mol. The molecule has 1 N–H and O–H groups in total. The lowest BCUT2D eigenvalue weighted by Gasteiger charge is -2.17. The molecule has 1 aliphatic heterocycles. The van der Waals surface area contributed by atoms with Crippen LogP contribution >= 0.6 is 0 Å². The number of likely N-dealkylation sites (N-methyl/N-ethyl adjacent to an activating group) is 1. The van der Waals surface area contributed by atoms with Gasteiger partial charge >= 0.3 is 0 Å². The lowest BCUT2D eigenvalue weighted by molar-refractivity contribution is -0.121. The molecule has 5 rings (SSSR count). The normalized spacial score (nSPS) is 12.2. The number of rotatable bonds is 10. The number of amides is 1. The van der Waals surface area contributed by atoms with Gasteiger partial charge in [-0.25, -0.2) is 4.68 Å². The summed E-state index contributed by atoms with van der Waals surface area (Å²) in [6, 6.07) is 26.1. The van der Waals surface area contributed by atoms with Crippen LogP contribution in [0.25, 0.3) is 16.9 Å². The molecule has 0 unspecified atom stereocenters. The third-order valence-corrected chi connectivity index (χ3v) is 6.19. The number of nitrogens with zero attached hydrogens (tertiary/aromatic N) is 3. The highest BCUT2D eigenvalue weighted by Gasteiger charge is 2.18. The van der Waals surface area contributed by atoms with Crippen LogP contribution in [0, 0.1) is 0 Å². The van der Waals surface area contributed by atoms with E-state index >= 15 is 0 Å². The van der Waals surface area contributed by atoms with Crippen LogP contribution in [-0.2, 0) is 17.8 Å². The molecule has 36 heavy (non-hydrogen) atoms. The van der Waals surface area contributed by atoms with Crippen LogP contribution in [0.3, 0.4) is 0 Å². The van der Waals surface area contributed by atoms with Crippen molar-refractivity contribution in [3.8, 4) is 28.4 Å². The largest absolute Gasteiger partial charge is 0.454 e. The van der Waals surface area contributed by atoms with Gasteiger partial charge in [0.05, 0.1) is 11.4 Å². The van der Waals surface area contributed by atoms with E-state index in [9.17, 15) is 4.79 Å². The van der Waals surface area contributed by atoms with E-state index in [0.717, 1.165) is 41.3 Å². The minimum atomic E-state index is 0.0345. The fraction of sp³-hybridized carbons (Fsp3) is 0.241. The Kier molecular flexibility index (Phi) is 7.28. The maximum Gasteiger partial charge on any atom is 0.231 e. The number of carbonyl (C=O) groups excluding carboxylic acids is 1. The van der Waals surface area contributed by atoms with Crippen LogP contribution in [-0.4, -0.2) is 47.5 Å². The fourth-order valence-corrected chi connectivity index (χ4v) is 4.29. The molecular formula is C29H30N4O3. The maximum atomic E-state index is 12.6. The third-order valence-electron chi connectivity index (χ3n) is 6.19. The summed E-state index contributed by atoms with van der Waals surface area (Å²) in [5, 5.41) is 7.92. The number of aromatic nitrogens is 2. The van der Waals surface area contributed by atoms with Gasteiger partial charge in [-0.1, -0.05) is 48.5 Å². The molecule has 184 valence electrons. The zero-order chi connectivity index (χ0) is 24.7. The molecule has 1 aromatic heterocycles. The van der Waals surface area contributed by atoms with Crippen LogP contribution in [0.2, 0.25) is 0 Å². The lowest BCUT2D eigenvalue weighted by Crippen LogP contribution is -2.32. The number of fused-ring (bicyclic) bond motifs is 1. The van der Waals surface area contributed by atoms with Crippen molar-refractivity contribution in [2.45, 2.75) is 19.4 Å². The molecule has 1 amide bonds. The molecule has 0 radical (unpaired) electrons. The molecule has 0 saturated carbocycles. The van der Waals surface area contributed by atoms with Crippen molar-refractivity contribution in [1.29, 1.82) is 0 Å². The molecule has 0 saturated heterocycles.